The highest BCUT2D eigenvalue weighted by Gasteiger charge is 2.07. The van der Waals surface area contributed by atoms with Crippen LogP contribution in [0.1, 0.15) is 0 Å². The molecule has 0 unspecified atom stereocenters. The highest BCUT2D eigenvalue weighted by atomic mass is 15.5. The molecule has 0 aliphatic rings. The lowest BCUT2D eigenvalue weighted by molar-refractivity contribution is 0.736. The summed E-state index contributed by atoms with van der Waals surface area (Å²) in [6, 6.07) is 0. The SMILES string of the molecule is CNCCN(C)c1cncc2nnnn12. The molecule has 7 heteroatoms. The Hall–Kier alpha value is -1.76. The standard InChI is InChI=1S/C8H13N7/c1-9-3-4-14(2)8-6-10-5-7-11-12-13-15(7)8/h5-6,9H,3-4H2,1-2H3. The smallest absolute Gasteiger partial charge is 0.199 e. The fourth-order valence-electron chi connectivity index (χ4n) is 1.32. The van der Waals surface area contributed by atoms with Gasteiger partial charge in [-0.15, -0.1) is 5.10 Å². The zero-order chi connectivity index (χ0) is 10.7. The van der Waals surface area contributed by atoms with E-state index in [0.717, 1.165) is 18.9 Å². The molecule has 1 N–H and O–H groups in total. The van der Waals surface area contributed by atoms with Crippen LogP contribution in [0.4, 0.5) is 5.82 Å². The topological polar surface area (TPSA) is 71.2 Å². The second-order valence-electron chi connectivity index (χ2n) is 3.24. The third kappa shape index (κ3) is 1.86. The molecule has 7 nitrogen and oxygen atoms in total. The molecule has 0 fully saturated rings. The number of tetrazole rings is 1. The van der Waals surface area contributed by atoms with E-state index in [1.54, 1.807) is 16.9 Å². The van der Waals surface area contributed by atoms with Crippen molar-refractivity contribution < 1.29 is 0 Å². The third-order valence-corrected chi connectivity index (χ3v) is 2.18. The maximum absolute atomic E-state index is 4.09. The lowest BCUT2D eigenvalue weighted by Crippen LogP contribution is -2.28. The molecule has 2 rings (SSSR count). The first-order chi connectivity index (χ1) is 7.33. The van der Waals surface area contributed by atoms with Crippen molar-refractivity contribution in [2.75, 3.05) is 32.1 Å². The molecular weight excluding hydrogens is 194 g/mol. The summed E-state index contributed by atoms with van der Waals surface area (Å²) >= 11 is 0. The maximum atomic E-state index is 4.09. The van der Waals surface area contributed by atoms with Crippen LogP contribution < -0.4 is 10.2 Å². The zero-order valence-electron chi connectivity index (χ0n) is 8.75. The molecule has 0 saturated carbocycles. The van der Waals surface area contributed by atoms with E-state index >= 15 is 0 Å². The van der Waals surface area contributed by atoms with Gasteiger partial charge in [-0.2, -0.15) is 4.52 Å². The Balaban J connectivity index is 2.29. The van der Waals surface area contributed by atoms with Gasteiger partial charge in [0.2, 0.25) is 0 Å². The lowest BCUT2D eigenvalue weighted by Gasteiger charge is -2.18. The molecule has 2 aromatic heterocycles. The third-order valence-electron chi connectivity index (χ3n) is 2.18. The molecule has 2 aromatic rings. The van der Waals surface area contributed by atoms with E-state index in [1.807, 2.05) is 19.0 Å². The van der Waals surface area contributed by atoms with Gasteiger partial charge in [-0.25, -0.2) is 0 Å². The van der Waals surface area contributed by atoms with Gasteiger partial charge in [0.1, 0.15) is 0 Å². The van der Waals surface area contributed by atoms with Crippen molar-refractivity contribution >= 4 is 11.5 Å². The molecule has 0 aliphatic carbocycles. The van der Waals surface area contributed by atoms with Crippen LogP contribution in [0, 0.1) is 0 Å². The number of nitrogens with one attached hydrogen (secondary N) is 1. The van der Waals surface area contributed by atoms with Gasteiger partial charge in [0, 0.05) is 20.1 Å². The normalized spacial score (nSPS) is 10.8. The van der Waals surface area contributed by atoms with Gasteiger partial charge in [0.05, 0.1) is 12.4 Å². The summed E-state index contributed by atoms with van der Waals surface area (Å²) in [5, 5.41) is 14.4. The van der Waals surface area contributed by atoms with Gasteiger partial charge >= 0.3 is 0 Å². The minimum Gasteiger partial charge on any atom is -0.357 e. The Bertz CT molecular complexity index is 437. The molecule has 0 aliphatic heterocycles. The number of hydrogen-bond acceptors (Lipinski definition) is 6. The van der Waals surface area contributed by atoms with Crippen LogP contribution in [0.3, 0.4) is 0 Å². The number of likely N-dealkylation sites (N-methyl/N-ethyl adjacent to an activating group) is 2. The molecule has 0 atom stereocenters. The van der Waals surface area contributed by atoms with Gasteiger partial charge < -0.3 is 10.2 Å². The monoisotopic (exact) mass is 207 g/mol. The first-order valence-electron chi connectivity index (χ1n) is 4.71. The van der Waals surface area contributed by atoms with Crippen molar-refractivity contribution in [3.63, 3.8) is 0 Å². The van der Waals surface area contributed by atoms with Crippen molar-refractivity contribution in [2.45, 2.75) is 0 Å². The van der Waals surface area contributed by atoms with Crippen LogP contribution in [-0.4, -0.2) is 52.2 Å². The quantitative estimate of drug-likeness (QED) is 0.706. The van der Waals surface area contributed by atoms with Crippen LogP contribution in [0.15, 0.2) is 12.4 Å². The molecule has 0 aromatic carbocycles. The summed E-state index contributed by atoms with van der Waals surface area (Å²) in [6.45, 7) is 1.77. The minimum absolute atomic E-state index is 0.656. The van der Waals surface area contributed by atoms with Gasteiger partial charge in [-0.05, 0) is 17.5 Å². The Morgan fingerprint density at radius 3 is 3.13 bits per heavy atom. The summed E-state index contributed by atoms with van der Waals surface area (Å²) in [4.78, 5) is 6.14. The van der Waals surface area contributed by atoms with E-state index in [4.69, 9.17) is 0 Å². The molecule has 0 radical (unpaired) electrons. The summed E-state index contributed by atoms with van der Waals surface area (Å²) < 4.78 is 1.67. The lowest BCUT2D eigenvalue weighted by atomic mass is 10.5. The van der Waals surface area contributed by atoms with Crippen LogP contribution in [0.2, 0.25) is 0 Å². The Morgan fingerprint density at radius 2 is 2.33 bits per heavy atom. The average Bonchev–Trinajstić information content (AvgIpc) is 2.73. The van der Waals surface area contributed by atoms with E-state index in [-0.39, 0.29) is 0 Å². The van der Waals surface area contributed by atoms with E-state index in [2.05, 4.69) is 25.8 Å². The van der Waals surface area contributed by atoms with E-state index in [1.165, 1.54) is 0 Å². The predicted octanol–water partition coefficient (Wildman–Crippen LogP) is -0.825. The number of fused-ring (bicyclic) bond motifs is 1. The largest absolute Gasteiger partial charge is 0.357 e. The van der Waals surface area contributed by atoms with Crippen LogP contribution in [-0.2, 0) is 0 Å². The first-order valence-corrected chi connectivity index (χ1v) is 4.71. The highest BCUT2D eigenvalue weighted by Crippen LogP contribution is 2.09. The number of nitrogens with zero attached hydrogens (tertiary/aromatic N) is 6. The summed E-state index contributed by atoms with van der Waals surface area (Å²) in [7, 11) is 3.90. The minimum atomic E-state index is 0.656. The first kappa shape index (κ1) is 9.78. The Morgan fingerprint density at radius 1 is 1.47 bits per heavy atom. The van der Waals surface area contributed by atoms with Crippen molar-refractivity contribution in [1.29, 1.82) is 0 Å². The Kier molecular flexibility index (Phi) is 2.72. The maximum Gasteiger partial charge on any atom is 0.199 e. The van der Waals surface area contributed by atoms with E-state index in [9.17, 15) is 0 Å². The molecule has 0 amide bonds. The highest BCUT2D eigenvalue weighted by molar-refractivity contribution is 5.45. The number of aromatic nitrogens is 5. The molecule has 15 heavy (non-hydrogen) atoms. The van der Waals surface area contributed by atoms with Crippen molar-refractivity contribution in [1.82, 2.24) is 30.3 Å². The van der Waals surface area contributed by atoms with Crippen molar-refractivity contribution in [3.8, 4) is 0 Å². The fourth-order valence-corrected chi connectivity index (χ4v) is 1.32. The van der Waals surface area contributed by atoms with Gasteiger partial charge in [0.15, 0.2) is 11.5 Å². The molecule has 0 saturated heterocycles. The molecule has 0 bridgehead atoms. The fraction of sp³-hybridized carbons (Fsp3) is 0.500. The van der Waals surface area contributed by atoms with Crippen molar-refractivity contribution in [2.24, 2.45) is 0 Å². The van der Waals surface area contributed by atoms with Crippen LogP contribution in [0.5, 0.6) is 0 Å². The molecule has 80 valence electrons. The summed E-state index contributed by atoms with van der Waals surface area (Å²) in [5.41, 5.74) is 0.656. The zero-order valence-corrected chi connectivity index (χ0v) is 8.75. The van der Waals surface area contributed by atoms with Gasteiger partial charge in [-0.1, -0.05) is 0 Å². The van der Waals surface area contributed by atoms with Gasteiger partial charge in [0.25, 0.3) is 0 Å². The summed E-state index contributed by atoms with van der Waals surface area (Å²) in [6.07, 6.45) is 3.38. The second kappa shape index (κ2) is 4.18. The average molecular weight is 207 g/mol. The molecular formula is C8H13N7. The predicted molar refractivity (Wildman–Crippen MR) is 55.8 cm³/mol. The van der Waals surface area contributed by atoms with E-state index in [0.29, 0.717) is 5.65 Å². The summed E-state index contributed by atoms with van der Waals surface area (Å²) in [5.74, 6) is 0.882. The second-order valence-corrected chi connectivity index (χ2v) is 3.24. The van der Waals surface area contributed by atoms with Crippen molar-refractivity contribution in [3.05, 3.63) is 12.4 Å². The Labute approximate surface area is 87.1 Å². The molecule has 2 heterocycles. The van der Waals surface area contributed by atoms with Gasteiger partial charge in [-0.3, -0.25) is 4.98 Å². The molecule has 0 spiro atoms. The number of anilines is 1. The van der Waals surface area contributed by atoms with E-state index < -0.39 is 0 Å². The van der Waals surface area contributed by atoms with Crippen LogP contribution >= 0.6 is 0 Å². The van der Waals surface area contributed by atoms with Crippen LogP contribution in [0.25, 0.3) is 5.65 Å². The number of hydrogen-bond donors (Lipinski definition) is 1. The number of rotatable bonds is 4.